The SMILES string of the molecule is CCN(Cc1cccs1)C(=O)CSc1ccc(C(C)=O)cc1F. The van der Waals surface area contributed by atoms with E-state index in [1.807, 2.05) is 24.4 Å². The van der Waals surface area contributed by atoms with Crippen molar-refractivity contribution in [3.63, 3.8) is 0 Å². The molecule has 1 aromatic carbocycles. The van der Waals surface area contributed by atoms with E-state index in [0.29, 0.717) is 23.5 Å². The number of carbonyl (C=O) groups excluding carboxylic acids is 2. The molecule has 0 atom stereocenters. The fourth-order valence-corrected chi connectivity index (χ4v) is 3.58. The van der Waals surface area contributed by atoms with E-state index in [1.54, 1.807) is 28.4 Å². The molecule has 2 rings (SSSR count). The maximum absolute atomic E-state index is 14.0. The van der Waals surface area contributed by atoms with E-state index >= 15 is 0 Å². The molecule has 2 aromatic rings. The minimum absolute atomic E-state index is 0.0269. The number of thiophene rings is 1. The van der Waals surface area contributed by atoms with Crippen molar-refractivity contribution in [2.24, 2.45) is 0 Å². The Labute approximate surface area is 143 Å². The normalized spacial score (nSPS) is 10.6. The number of benzene rings is 1. The van der Waals surface area contributed by atoms with Gasteiger partial charge in [-0.25, -0.2) is 4.39 Å². The van der Waals surface area contributed by atoms with Crippen molar-refractivity contribution in [3.05, 3.63) is 52.0 Å². The summed E-state index contributed by atoms with van der Waals surface area (Å²) in [6, 6.07) is 8.31. The van der Waals surface area contributed by atoms with Crippen molar-refractivity contribution in [2.45, 2.75) is 25.3 Å². The summed E-state index contributed by atoms with van der Waals surface area (Å²) in [5.41, 5.74) is 0.339. The van der Waals surface area contributed by atoms with Crippen LogP contribution in [0.3, 0.4) is 0 Å². The Morgan fingerprint density at radius 3 is 2.65 bits per heavy atom. The molecule has 0 spiro atoms. The third kappa shape index (κ3) is 4.91. The molecular formula is C17H18FNO2S2. The Balaban J connectivity index is 1.96. The molecular weight excluding hydrogens is 333 g/mol. The van der Waals surface area contributed by atoms with Crippen LogP contribution in [-0.4, -0.2) is 28.9 Å². The molecule has 0 bridgehead atoms. The number of halogens is 1. The Bertz CT molecular complexity index is 686. The molecule has 0 aliphatic carbocycles. The van der Waals surface area contributed by atoms with Crippen molar-refractivity contribution < 1.29 is 14.0 Å². The number of carbonyl (C=O) groups is 2. The zero-order valence-electron chi connectivity index (χ0n) is 13.0. The van der Waals surface area contributed by atoms with Crippen molar-refractivity contribution >= 4 is 34.8 Å². The van der Waals surface area contributed by atoms with Gasteiger partial charge in [0.1, 0.15) is 5.82 Å². The van der Waals surface area contributed by atoms with E-state index in [0.717, 1.165) is 16.6 Å². The third-order valence-electron chi connectivity index (χ3n) is 3.35. The van der Waals surface area contributed by atoms with Gasteiger partial charge in [0.05, 0.1) is 12.3 Å². The summed E-state index contributed by atoms with van der Waals surface area (Å²) in [5, 5.41) is 1.98. The van der Waals surface area contributed by atoms with Crippen molar-refractivity contribution in [3.8, 4) is 0 Å². The lowest BCUT2D eigenvalue weighted by atomic mass is 10.1. The van der Waals surface area contributed by atoms with E-state index in [4.69, 9.17) is 0 Å². The number of Topliss-reactive ketones (excluding diaryl/α,β-unsaturated/α-hetero) is 1. The van der Waals surface area contributed by atoms with Crippen LogP contribution >= 0.6 is 23.1 Å². The number of hydrogen-bond acceptors (Lipinski definition) is 4. The van der Waals surface area contributed by atoms with Gasteiger partial charge in [0.15, 0.2) is 5.78 Å². The number of hydrogen-bond donors (Lipinski definition) is 0. The van der Waals surface area contributed by atoms with Crippen LogP contribution in [0.4, 0.5) is 4.39 Å². The van der Waals surface area contributed by atoms with Crippen LogP contribution in [-0.2, 0) is 11.3 Å². The molecule has 122 valence electrons. The van der Waals surface area contributed by atoms with Crippen LogP contribution < -0.4 is 0 Å². The second kappa shape index (κ2) is 8.26. The number of amides is 1. The highest BCUT2D eigenvalue weighted by atomic mass is 32.2. The molecule has 1 aromatic heterocycles. The zero-order chi connectivity index (χ0) is 16.8. The van der Waals surface area contributed by atoms with Gasteiger partial charge < -0.3 is 4.90 Å². The smallest absolute Gasteiger partial charge is 0.233 e. The lowest BCUT2D eigenvalue weighted by Crippen LogP contribution is -2.31. The second-order valence-electron chi connectivity index (χ2n) is 4.98. The molecule has 0 radical (unpaired) electrons. The van der Waals surface area contributed by atoms with Gasteiger partial charge in [-0.3, -0.25) is 9.59 Å². The van der Waals surface area contributed by atoms with Gasteiger partial charge in [-0.05, 0) is 37.4 Å². The first-order valence-electron chi connectivity index (χ1n) is 7.24. The average molecular weight is 351 g/mol. The summed E-state index contributed by atoms with van der Waals surface area (Å²) in [7, 11) is 0. The summed E-state index contributed by atoms with van der Waals surface area (Å²) in [6.45, 7) is 4.52. The zero-order valence-corrected chi connectivity index (χ0v) is 14.7. The van der Waals surface area contributed by atoms with Crippen molar-refractivity contribution in [1.29, 1.82) is 0 Å². The molecule has 1 amide bonds. The minimum atomic E-state index is -0.461. The van der Waals surface area contributed by atoms with Gasteiger partial charge in [-0.1, -0.05) is 12.1 Å². The van der Waals surface area contributed by atoms with Gasteiger partial charge >= 0.3 is 0 Å². The highest BCUT2D eigenvalue weighted by molar-refractivity contribution is 8.00. The Morgan fingerprint density at radius 2 is 2.09 bits per heavy atom. The summed E-state index contributed by atoms with van der Waals surface area (Å²) >= 11 is 2.77. The Hall–Kier alpha value is -1.66. The van der Waals surface area contributed by atoms with Gasteiger partial charge in [0, 0.05) is 21.9 Å². The van der Waals surface area contributed by atoms with E-state index in [2.05, 4.69) is 0 Å². The van der Waals surface area contributed by atoms with Crippen LogP contribution in [0.15, 0.2) is 40.6 Å². The van der Waals surface area contributed by atoms with Crippen LogP contribution in [0.25, 0.3) is 0 Å². The predicted octanol–water partition coefficient (Wildman–Crippen LogP) is 4.23. The van der Waals surface area contributed by atoms with Crippen LogP contribution in [0.2, 0.25) is 0 Å². The molecule has 0 aliphatic rings. The molecule has 0 aliphatic heterocycles. The summed E-state index contributed by atoms with van der Waals surface area (Å²) in [4.78, 5) is 26.8. The third-order valence-corrected chi connectivity index (χ3v) is 5.25. The monoisotopic (exact) mass is 351 g/mol. The van der Waals surface area contributed by atoms with Crippen LogP contribution in [0.1, 0.15) is 29.1 Å². The first-order chi connectivity index (χ1) is 11.0. The molecule has 1 heterocycles. The van der Waals surface area contributed by atoms with E-state index in [-0.39, 0.29) is 17.4 Å². The van der Waals surface area contributed by atoms with E-state index in [1.165, 1.54) is 13.0 Å². The van der Waals surface area contributed by atoms with Gasteiger partial charge in [0.25, 0.3) is 0 Å². The first kappa shape index (κ1) is 17.7. The fraction of sp³-hybridized carbons (Fsp3) is 0.294. The lowest BCUT2D eigenvalue weighted by molar-refractivity contribution is -0.128. The first-order valence-corrected chi connectivity index (χ1v) is 9.11. The van der Waals surface area contributed by atoms with Gasteiger partial charge in [-0.2, -0.15) is 0 Å². The maximum atomic E-state index is 14.0. The van der Waals surface area contributed by atoms with Crippen molar-refractivity contribution in [2.75, 3.05) is 12.3 Å². The predicted molar refractivity (Wildman–Crippen MR) is 92.5 cm³/mol. The highest BCUT2D eigenvalue weighted by Crippen LogP contribution is 2.23. The lowest BCUT2D eigenvalue weighted by Gasteiger charge is -2.20. The van der Waals surface area contributed by atoms with Gasteiger partial charge in [0.2, 0.25) is 5.91 Å². The maximum Gasteiger partial charge on any atom is 0.233 e. The summed E-state index contributed by atoms with van der Waals surface area (Å²) in [5.74, 6) is -0.488. The largest absolute Gasteiger partial charge is 0.337 e. The number of ketones is 1. The van der Waals surface area contributed by atoms with Crippen molar-refractivity contribution in [1.82, 2.24) is 4.90 Å². The summed E-state index contributed by atoms with van der Waals surface area (Å²) in [6.07, 6.45) is 0. The topological polar surface area (TPSA) is 37.4 Å². The highest BCUT2D eigenvalue weighted by Gasteiger charge is 2.15. The second-order valence-corrected chi connectivity index (χ2v) is 7.03. The Morgan fingerprint density at radius 1 is 1.30 bits per heavy atom. The quantitative estimate of drug-likeness (QED) is 0.553. The van der Waals surface area contributed by atoms with Gasteiger partial charge in [-0.15, -0.1) is 23.1 Å². The molecule has 0 unspecified atom stereocenters. The molecule has 0 saturated heterocycles. The van der Waals surface area contributed by atoms with Crippen LogP contribution in [0.5, 0.6) is 0 Å². The minimum Gasteiger partial charge on any atom is -0.337 e. The van der Waals surface area contributed by atoms with E-state index in [9.17, 15) is 14.0 Å². The average Bonchev–Trinajstić information content (AvgIpc) is 3.04. The molecule has 0 fully saturated rings. The standard InChI is InChI=1S/C17H18FNO2S2/c1-3-19(10-14-5-4-8-22-14)17(21)11-23-16-7-6-13(12(2)20)9-15(16)18/h4-9H,3,10-11H2,1-2H3. The summed E-state index contributed by atoms with van der Waals surface area (Å²) < 4.78 is 14.0. The molecule has 23 heavy (non-hydrogen) atoms. The number of nitrogens with zero attached hydrogens (tertiary/aromatic N) is 1. The Kier molecular flexibility index (Phi) is 6.36. The fourth-order valence-electron chi connectivity index (χ4n) is 2.03. The molecule has 6 heteroatoms. The number of thioether (sulfide) groups is 1. The molecule has 0 saturated carbocycles. The van der Waals surface area contributed by atoms with E-state index < -0.39 is 5.82 Å². The van der Waals surface area contributed by atoms with Crippen LogP contribution in [0, 0.1) is 5.82 Å². The molecule has 3 nitrogen and oxygen atoms in total. The molecule has 0 N–H and O–H groups in total. The number of rotatable bonds is 7.